The second kappa shape index (κ2) is 3.72. The van der Waals surface area contributed by atoms with Crippen LogP contribution >= 0.6 is 0 Å². The highest BCUT2D eigenvalue weighted by Crippen LogP contribution is 2.08. The molecule has 1 N–H and O–H groups in total. The molecule has 1 heterocycles. The molecule has 0 saturated heterocycles. The first-order chi connectivity index (χ1) is 6.86. The van der Waals surface area contributed by atoms with Crippen molar-refractivity contribution in [2.45, 2.75) is 13.8 Å². The minimum Gasteiger partial charge on any atom is -0.309 e. The summed E-state index contributed by atoms with van der Waals surface area (Å²) in [5, 5.41) is 0. The number of nitrogens with one attached hydrogen (secondary N) is 1. The molecule has 0 saturated carbocycles. The quantitative estimate of drug-likeness (QED) is 0.671. The second-order valence-corrected chi connectivity index (χ2v) is 3.35. The Labute approximate surface area is 86.1 Å². The van der Waals surface area contributed by atoms with Gasteiger partial charge in [0.25, 0.3) is 5.56 Å². The van der Waals surface area contributed by atoms with Crippen molar-refractivity contribution in [2.24, 2.45) is 7.05 Å². The third kappa shape index (κ3) is 1.83. The molecule has 6 nitrogen and oxygen atoms in total. The highest BCUT2D eigenvalue weighted by Gasteiger charge is 2.15. The third-order valence-electron chi connectivity index (χ3n) is 2.27. The van der Waals surface area contributed by atoms with E-state index in [1.54, 1.807) is 6.92 Å². The van der Waals surface area contributed by atoms with Crippen molar-refractivity contribution < 1.29 is 4.79 Å². The van der Waals surface area contributed by atoms with Gasteiger partial charge in [-0.2, -0.15) is 0 Å². The van der Waals surface area contributed by atoms with Crippen molar-refractivity contribution in [1.82, 2.24) is 9.55 Å². The maximum Gasteiger partial charge on any atom is 0.328 e. The van der Waals surface area contributed by atoms with Gasteiger partial charge in [0.15, 0.2) is 0 Å². The Morgan fingerprint density at radius 1 is 1.40 bits per heavy atom. The van der Waals surface area contributed by atoms with Gasteiger partial charge >= 0.3 is 5.69 Å². The molecule has 0 radical (unpaired) electrons. The molecule has 1 aromatic rings. The number of amides is 1. The molecule has 1 rings (SSSR count). The van der Waals surface area contributed by atoms with Crippen LogP contribution in [0.2, 0.25) is 0 Å². The van der Waals surface area contributed by atoms with Crippen molar-refractivity contribution in [3.63, 3.8) is 0 Å². The van der Waals surface area contributed by atoms with E-state index in [0.29, 0.717) is 5.69 Å². The number of carbonyl (C=O) groups excluding carboxylic acids is 1. The van der Waals surface area contributed by atoms with E-state index in [1.165, 1.54) is 25.9 Å². The van der Waals surface area contributed by atoms with Crippen molar-refractivity contribution in [3.8, 4) is 0 Å². The highest BCUT2D eigenvalue weighted by molar-refractivity contribution is 5.91. The van der Waals surface area contributed by atoms with Gasteiger partial charge in [0.05, 0.1) is 0 Å². The van der Waals surface area contributed by atoms with Gasteiger partial charge in [0.2, 0.25) is 5.91 Å². The lowest BCUT2D eigenvalue weighted by molar-refractivity contribution is -0.116. The minimum absolute atomic E-state index is 0.199. The Balaban J connectivity index is 3.57. The number of aromatic nitrogens is 2. The number of aryl methyl sites for hydroxylation is 1. The average Bonchev–Trinajstić information content (AvgIpc) is 2.14. The summed E-state index contributed by atoms with van der Waals surface area (Å²) in [5.74, 6) is -0.262. The lowest BCUT2D eigenvalue weighted by Crippen LogP contribution is -2.39. The molecule has 6 heteroatoms. The number of aromatic amines is 1. The van der Waals surface area contributed by atoms with Crippen LogP contribution in [0.3, 0.4) is 0 Å². The lowest BCUT2D eigenvalue weighted by Gasteiger charge is -2.16. The van der Waals surface area contributed by atoms with Gasteiger partial charge in [0, 0.05) is 26.7 Å². The number of hydrogen-bond donors (Lipinski definition) is 1. The van der Waals surface area contributed by atoms with Crippen LogP contribution in [-0.4, -0.2) is 22.5 Å². The molecule has 1 amide bonds. The molecule has 0 fully saturated rings. The summed E-state index contributed by atoms with van der Waals surface area (Å²) in [7, 11) is 2.85. The fourth-order valence-corrected chi connectivity index (χ4v) is 1.27. The van der Waals surface area contributed by atoms with E-state index < -0.39 is 11.2 Å². The van der Waals surface area contributed by atoms with Crippen LogP contribution < -0.4 is 16.1 Å². The van der Waals surface area contributed by atoms with E-state index >= 15 is 0 Å². The maximum atomic E-state index is 11.7. The van der Waals surface area contributed by atoms with E-state index in [1.807, 2.05) is 0 Å². The molecule has 0 aliphatic heterocycles. The Hall–Kier alpha value is -1.85. The minimum atomic E-state index is -0.488. The Bertz CT molecular complexity index is 512. The average molecular weight is 211 g/mol. The summed E-state index contributed by atoms with van der Waals surface area (Å²) in [4.78, 5) is 37.8. The van der Waals surface area contributed by atoms with Gasteiger partial charge in [-0.1, -0.05) is 0 Å². The molecule has 0 aliphatic rings. The summed E-state index contributed by atoms with van der Waals surface area (Å²) in [6.45, 7) is 2.93. The molecule has 1 aromatic heterocycles. The molecule has 0 bridgehead atoms. The van der Waals surface area contributed by atoms with Gasteiger partial charge in [-0.3, -0.25) is 14.2 Å². The summed E-state index contributed by atoms with van der Waals surface area (Å²) in [6, 6.07) is 0. The molecular weight excluding hydrogens is 198 g/mol. The molecule has 0 aromatic carbocycles. The predicted octanol–water partition coefficient (Wildman–Crippen LogP) is -0.635. The molecular formula is C9H13N3O3. The zero-order chi connectivity index (χ0) is 11.7. The molecule has 0 unspecified atom stereocenters. The van der Waals surface area contributed by atoms with E-state index in [-0.39, 0.29) is 11.6 Å². The number of rotatable bonds is 1. The normalized spacial score (nSPS) is 10.1. The number of hydrogen-bond acceptors (Lipinski definition) is 3. The zero-order valence-corrected chi connectivity index (χ0v) is 9.12. The Morgan fingerprint density at radius 3 is 2.40 bits per heavy atom. The summed E-state index contributed by atoms with van der Waals surface area (Å²) >= 11 is 0. The van der Waals surface area contributed by atoms with Crippen LogP contribution in [0.1, 0.15) is 12.6 Å². The van der Waals surface area contributed by atoms with E-state index in [2.05, 4.69) is 4.98 Å². The molecule has 0 aliphatic carbocycles. The number of anilines is 1. The van der Waals surface area contributed by atoms with Gasteiger partial charge in [-0.15, -0.1) is 0 Å². The van der Waals surface area contributed by atoms with Crippen LogP contribution in [0.4, 0.5) is 5.69 Å². The van der Waals surface area contributed by atoms with Crippen LogP contribution in [0.5, 0.6) is 0 Å². The largest absolute Gasteiger partial charge is 0.328 e. The monoisotopic (exact) mass is 211 g/mol. The maximum absolute atomic E-state index is 11.7. The molecule has 82 valence electrons. The van der Waals surface area contributed by atoms with E-state index in [4.69, 9.17) is 0 Å². The van der Waals surface area contributed by atoms with Crippen LogP contribution in [0.15, 0.2) is 9.59 Å². The Kier molecular flexibility index (Phi) is 2.78. The predicted molar refractivity (Wildman–Crippen MR) is 56.1 cm³/mol. The molecule has 0 spiro atoms. The molecule has 15 heavy (non-hydrogen) atoms. The van der Waals surface area contributed by atoms with Gasteiger partial charge in [-0.05, 0) is 6.92 Å². The standard InChI is InChI=1S/C9H13N3O3/c1-5-7(11(3)6(2)13)8(14)12(4)9(15)10-5/h1-4H3,(H,10,15). The molecule has 0 atom stereocenters. The van der Waals surface area contributed by atoms with Crippen molar-refractivity contribution in [2.75, 3.05) is 11.9 Å². The first-order valence-corrected chi connectivity index (χ1v) is 4.40. The lowest BCUT2D eigenvalue weighted by atomic mass is 10.3. The number of carbonyl (C=O) groups is 1. The smallest absolute Gasteiger partial charge is 0.309 e. The van der Waals surface area contributed by atoms with Crippen LogP contribution in [0.25, 0.3) is 0 Å². The van der Waals surface area contributed by atoms with Crippen molar-refractivity contribution >= 4 is 11.6 Å². The fraction of sp³-hybridized carbons (Fsp3) is 0.444. The van der Waals surface area contributed by atoms with E-state index in [9.17, 15) is 14.4 Å². The van der Waals surface area contributed by atoms with Crippen molar-refractivity contribution in [3.05, 3.63) is 26.5 Å². The van der Waals surface area contributed by atoms with Gasteiger partial charge in [-0.25, -0.2) is 4.79 Å². The van der Waals surface area contributed by atoms with Crippen LogP contribution in [0, 0.1) is 6.92 Å². The van der Waals surface area contributed by atoms with E-state index in [0.717, 1.165) is 4.57 Å². The summed E-state index contributed by atoms with van der Waals surface area (Å²) in [5.41, 5.74) is -0.377. The first-order valence-electron chi connectivity index (χ1n) is 4.40. The SMILES string of the molecule is CC(=O)N(C)c1c(C)[nH]c(=O)n(C)c1=O. The first kappa shape index (κ1) is 11.2. The topological polar surface area (TPSA) is 75.2 Å². The highest BCUT2D eigenvalue weighted by atomic mass is 16.2. The third-order valence-corrected chi connectivity index (χ3v) is 2.27. The number of nitrogens with zero attached hydrogens (tertiary/aromatic N) is 2. The van der Waals surface area contributed by atoms with Gasteiger partial charge < -0.3 is 9.88 Å². The van der Waals surface area contributed by atoms with Crippen molar-refractivity contribution in [1.29, 1.82) is 0 Å². The summed E-state index contributed by atoms with van der Waals surface area (Å²) < 4.78 is 0.932. The Morgan fingerprint density at radius 2 is 1.93 bits per heavy atom. The summed E-state index contributed by atoms with van der Waals surface area (Å²) in [6.07, 6.45) is 0. The number of H-pyrrole nitrogens is 1. The second-order valence-electron chi connectivity index (χ2n) is 3.35. The van der Waals surface area contributed by atoms with Gasteiger partial charge in [0.1, 0.15) is 5.69 Å². The van der Waals surface area contributed by atoms with Crippen LogP contribution in [-0.2, 0) is 11.8 Å². The zero-order valence-electron chi connectivity index (χ0n) is 9.12. The fourth-order valence-electron chi connectivity index (χ4n) is 1.27.